The standard InChI is InChI=1S/C48H34N2/c1-48(2)43-29-34(31-19-21-32(22-20-31)37-14-8-16-45-40(37)15-9-27-49-45)23-25-38(43)39-26-24-35(30-44(39)48)33-10-7-11-36(28-33)50-46-17-5-3-12-41(46)42-13-4-6-18-47(42)50/h3-30H,1-2H3. The molecule has 0 amide bonds. The third kappa shape index (κ3) is 4.32. The van der Waals surface area contributed by atoms with Gasteiger partial charge in [-0.1, -0.05) is 129 Å². The molecule has 1 aliphatic rings. The molecular weight excluding hydrogens is 605 g/mol. The maximum absolute atomic E-state index is 4.55. The molecule has 50 heavy (non-hydrogen) atoms. The van der Waals surface area contributed by atoms with E-state index in [0.29, 0.717) is 0 Å². The third-order valence-corrected chi connectivity index (χ3v) is 10.9. The van der Waals surface area contributed by atoms with Crippen molar-refractivity contribution in [1.82, 2.24) is 9.55 Å². The monoisotopic (exact) mass is 638 g/mol. The zero-order valence-electron chi connectivity index (χ0n) is 28.1. The van der Waals surface area contributed by atoms with Crippen molar-refractivity contribution in [3.05, 3.63) is 181 Å². The van der Waals surface area contributed by atoms with Gasteiger partial charge in [-0.05, 0) is 104 Å². The van der Waals surface area contributed by atoms with Crippen molar-refractivity contribution in [1.29, 1.82) is 0 Å². The number of hydrogen-bond donors (Lipinski definition) is 0. The number of fused-ring (bicyclic) bond motifs is 7. The molecule has 10 rings (SSSR count). The lowest BCUT2D eigenvalue weighted by Gasteiger charge is -2.23. The Labute approximate surface area is 291 Å². The van der Waals surface area contributed by atoms with E-state index in [0.717, 1.165) is 5.52 Å². The Morgan fingerprint density at radius 3 is 1.68 bits per heavy atom. The van der Waals surface area contributed by atoms with Crippen LogP contribution in [-0.4, -0.2) is 9.55 Å². The SMILES string of the molecule is CC1(C)c2cc(-c3ccc(-c4cccc5ncccc45)cc3)ccc2-c2ccc(-c3cccc(-n4c5ccccc5c5ccccc54)c3)cc21. The summed E-state index contributed by atoms with van der Waals surface area (Å²) >= 11 is 0. The molecule has 0 N–H and O–H groups in total. The van der Waals surface area contributed by atoms with E-state index in [9.17, 15) is 0 Å². The lowest BCUT2D eigenvalue weighted by Crippen LogP contribution is -2.15. The van der Waals surface area contributed by atoms with E-state index < -0.39 is 0 Å². The first kappa shape index (κ1) is 28.7. The van der Waals surface area contributed by atoms with Crippen LogP contribution in [-0.2, 0) is 5.41 Å². The van der Waals surface area contributed by atoms with E-state index in [1.165, 1.54) is 88.5 Å². The van der Waals surface area contributed by atoms with Crippen LogP contribution >= 0.6 is 0 Å². The Morgan fingerprint density at radius 2 is 0.980 bits per heavy atom. The quantitative estimate of drug-likeness (QED) is 0.188. The molecule has 0 bridgehead atoms. The smallest absolute Gasteiger partial charge is 0.0708 e. The van der Waals surface area contributed by atoms with Gasteiger partial charge in [0.2, 0.25) is 0 Å². The van der Waals surface area contributed by atoms with E-state index in [4.69, 9.17) is 0 Å². The van der Waals surface area contributed by atoms with Crippen molar-refractivity contribution >= 4 is 32.7 Å². The van der Waals surface area contributed by atoms with Crippen molar-refractivity contribution < 1.29 is 0 Å². The van der Waals surface area contributed by atoms with Crippen LogP contribution in [0.25, 0.3) is 82.9 Å². The number of benzene rings is 7. The molecule has 2 heteroatoms. The summed E-state index contributed by atoms with van der Waals surface area (Å²) in [7, 11) is 0. The van der Waals surface area contributed by atoms with Crippen molar-refractivity contribution in [2.45, 2.75) is 19.3 Å². The Morgan fingerprint density at radius 1 is 0.420 bits per heavy atom. The largest absolute Gasteiger partial charge is 0.309 e. The maximum Gasteiger partial charge on any atom is 0.0708 e. The van der Waals surface area contributed by atoms with Crippen LogP contribution in [0.5, 0.6) is 0 Å². The molecule has 0 atom stereocenters. The molecule has 0 aliphatic heterocycles. The van der Waals surface area contributed by atoms with Gasteiger partial charge in [-0.2, -0.15) is 0 Å². The average molecular weight is 639 g/mol. The molecule has 7 aromatic carbocycles. The van der Waals surface area contributed by atoms with E-state index in [2.05, 4.69) is 181 Å². The molecule has 0 radical (unpaired) electrons. The van der Waals surface area contributed by atoms with Crippen molar-refractivity contribution in [2.75, 3.05) is 0 Å². The number of aromatic nitrogens is 2. The highest BCUT2D eigenvalue weighted by atomic mass is 15.0. The van der Waals surface area contributed by atoms with Gasteiger partial charge in [0.05, 0.1) is 16.6 Å². The fourth-order valence-electron chi connectivity index (χ4n) is 8.32. The lowest BCUT2D eigenvalue weighted by molar-refractivity contribution is 0.661. The molecule has 0 spiro atoms. The maximum atomic E-state index is 4.55. The normalized spacial score (nSPS) is 13.2. The first-order chi connectivity index (χ1) is 24.5. The van der Waals surface area contributed by atoms with E-state index in [1.54, 1.807) is 0 Å². The van der Waals surface area contributed by atoms with Gasteiger partial charge in [0.15, 0.2) is 0 Å². The average Bonchev–Trinajstić information content (AvgIpc) is 3.63. The summed E-state index contributed by atoms with van der Waals surface area (Å²) in [5, 5.41) is 3.74. The van der Waals surface area contributed by atoms with Crippen molar-refractivity contribution in [2.24, 2.45) is 0 Å². The van der Waals surface area contributed by atoms with Crippen LogP contribution in [0.4, 0.5) is 0 Å². The highest BCUT2D eigenvalue weighted by molar-refractivity contribution is 6.09. The number of rotatable bonds is 4. The molecule has 2 nitrogen and oxygen atoms in total. The summed E-state index contributed by atoms with van der Waals surface area (Å²) in [5.74, 6) is 0. The van der Waals surface area contributed by atoms with Crippen molar-refractivity contribution in [3.63, 3.8) is 0 Å². The zero-order valence-corrected chi connectivity index (χ0v) is 28.1. The Bertz CT molecular complexity index is 2720. The molecule has 2 heterocycles. The van der Waals surface area contributed by atoms with E-state index in [1.807, 2.05) is 12.3 Å². The Balaban J connectivity index is 1.00. The summed E-state index contributed by atoms with van der Waals surface area (Å²) in [4.78, 5) is 4.55. The summed E-state index contributed by atoms with van der Waals surface area (Å²) in [6.07, 6.45) is 1.86. The molecule has 9 aromatic rings. The van der Waals surface area contributed by atoms with Crippen LogP contribution in [0.1, 0.15) is 25.0 Å². The molecule has 0 unspecified atom stereocenters. The van der Waals surface area contributed by atoms with E-state index >= 15 is 0 Å². The Kier molecular flexibility index (Phi) is 6.25. The minimum atomic E-state index is -0.128. The molecule has 0 fully saturated rings. The van der Waals surface area contributed by atoms with Crippen LogP contribution in [0.3, 0.4) is 0 Å². The second-order valence-corrected chi connectivity index (χ2v) is 14.0. The van der Waals surface area contributed by atoms with Crippen LogP contribution in [0.2, 0.25) is 0 Å². The van der Waals surface area contributed by atoms with Crippen molar-refractivity contribution in [3.8, 4) is 50.2 Å². The first-order valence-corrected chi connectivity index (χ1v) is 17.4. The molecule has 236 valence electrons. The van der Waals surface area contributed by atoms with Gasteiger partial charge < -0.3 is 4.57 Å². The summed E-state index contributed by atoms with van der Waals surface area (Å²) in [6, 6.07) is 60.0. The number of hydrogen-bond acceptors (Lipinski definition) is 1. The molecule has 1 aliphatic carbocycles. The predicted octanol–water partition coefficient (Wildman–Crippen LogP) is 12.6. The highest BCUT2D eigenvalue weighted by Crippen LogP contribution is 2.51. The fourth-order valence-corrected chi connectivity index (χ4v) is 8.32. The third-order valence-electron chi connectivity index (χ3n) is 10.9. The zero-order chi connectivity index (χ0) is 33.4. The van der Waals surface area contributed by atoms with Crippen LogP contribution < -0.4 is 0 Å². The minimum Gasteiger partial charge on any atom is -0.309 e. The lowest BCUT2D eigenvalue weighted by atomic mass is 9.81. The molecule has 2 aromatic heterocycles. The number of para-hydroxylation sites is 2. The van der Waals surface area contributed by atoms with Gasteiger partial charge in [-0.15, -0.1) is 0 Å². The molecule has 0 saturated heterocycles. The summed E-state index contributed by atoms with van der Waals surface area (Å²) < 4.78 is 2.40. The number of nitrogens with zero attached hydrogens (tertiary/aromatic N) is 2. The second-order valence-electron chi connectivity index (χ2n) is 14.0. The van der Waals surface area contributed by atoms with Gasteiger partial charge in [-0.25, -0.2) is 0 Å². The highest BCUT2D eigenvalue weighted by Gasteiger charge is 2.36. The predicted molar refractivity (Wildman–Crippen MR) is 210 cm³/mol. The first-order valence-electron chi connectivity index (χ1n) is 17.4. The van der Waals surface area contributed by atoms with Gasteiger partial charge in [0.1, 0.15) is 0 Å². The number of pyridine rings is 1. The summed E-state index contributed by atoms with van der Waals surface area (Å²) in [6.45, 7) is 4.74. The molecular formula is C48H34N2. The summed E-state index contributed by atoms with van der Waals surface area (Å²) in [5.41, 5.74) is 17.3. The van der Waals surface area contributed by atoms with E-state index in [-0.39, 0.29) is 5.41 Å². The van der Waals surface area contributed by atoms with Crippen LogP contribution in [0, 0.1) is 0 Å². The Hall–Kier alpha value is -6.25. The molecule has 0 saturated carbocycles. The van der Waals surface area contributed by atoms with Gasteiger partial charge in [0.25, 0.3) is 0 Å². The second kappa shape index (κ2) is 10.9. The van der Waals surface area contributed by atoms with Gasteiger partial charge in [0, 0.05) is 33.5 Å². The topological polar surface area (TPSA) is 17.8 Å². The van der Waals surface area contributed by atoms with Gasteiger partial charge in [-0.3, -0.25) is 4.98 Å². The van der Waals surface area contributed by atoms with Gasteiger partial charge >= 0.3 is 0 Å². The van der Waals surface area contributed by atoms with Crippen LogP contribution in [0.15, 0.2) is 170 Å². The fraction of sp³-hybridized carbons (Fsp3) is 0.0625. The minimum absolute atomic E-state index is 0.128.